The SMILES string of the molecule is O=C1C[C@H](c2ccco2)N2CCC=C[C@H]2C1. The summed E-state index contributed by atoms with van der Waals surface area (Å²) in [5.41, 5.74) is 0. The summed E-state index contributed by atoms with van der Waals surface area (Å²) >= 11 is 0. The van der Waals surface area contributed by atoms with Crippen molar-refractivity contribution >= 4 is 5.78 Å². The molecule has 0 saturated carbocycles. The quantitative estimate of drug-likeness (QED) is 0.677. The Morgan fingerprint density at radius 1 is 1.38 bits per heavy atom. The minimum atomic E-state index is 0.145. The van der Waals surface area contributed by atoms with E-state index in [1.54, 1.807) is 6.26 Å². The first-order valence-corrected chi connectivity index (χ1v) is 5.82. The van der Waals surface area contributed by atoms with Gasteiger partial charge in [-0.05, 0) is 18.6 Å². The van der Waals surface area contributed by atoms with Crippen LogP contribution < -0.4 is 0 Å². The van der Waals surface area contributed by atoms with Crippen molar-refractivity contribution in [2.24, 2.45) is 0 Å². The van der Waals surface area contributed by atoms with Crippen LogP contribution in [0.1, 0.15) is 31.1 Å². The Kier molecular flexibility index (Phi) is 2.40. The maximum absolute atomic E-state index is 11.7. The smallest absolute Gasteiger partial charge is 0.136 e. The summed E-state index contributed by atoms with van der Waals surface area (Å²) in [7, 11) is 0. The largest absolute Gasteiger partial charge is 0.468 e. The Bertz CT molecular complexity index is 408. The third kappa shape index (κ3) is 1.61. The van der Waals surface area contributed by atoms with Crippen molar-refractivity contribution in [3.8, 4) is 0 Å². The van der Waals surface area contributed by atoms with Crippen molar-refractivity contribution in [1.82, 2.24) is 4.90 Å². The zero-order chi connectivity index (χ0) is 11.0. The lowest BCUT2D eigenvalue weighted by atomic mass is 9.90. The number of ketones is 1. The van der Waals surface area contributed by atoms with Crippen LogP contribution in [0.4, 0.5) is 0 Å². The predicted molar refractivity (Wildman–Crippen MR) is 59.9 cm³/mol. The van der Waals surface area contributed by atoms with Gasteiger partial charge in [0.25, 0.3) is 0 Å². The molecule has 0 amide bonds. The van der Waals surface area contributed by atoms with E-state index in [2.05, 4.69) is 17.1 Å². The molecular formula is C13H15NO2. The molecule has 2 aliphatic heterocycles. The lowest BCUT2D eigenvalue weighted by molar-refractivity contribution is -0.125. The first-order valence-electron chi connectivity index (χ1n) is 5.82. The summed E-state index contributed by atoms with van der Waals surface area (Å²) in [4.78, 5) is 14.1. The summed E-state index contributed by atoms with van der Waals surface area (Å²) in [6.45, 7) is 1.03. The van der Waals surface area contributed by atoms with E-state index >= 15 is 0 Å². The summed E-state index contributed by atoms with van der Waals surface area (Å²) < 4.78 is 5.45. The Balaban J connectivity index is 1.91. The van der Waals surface area contributed by atoms with E-state index in [4.69, 9.17) is 4.42 Å². The van der Waals surface area contributed by atoms with Gasteiger partial charge in [0.15, 0.2) is 0 Å². The summed E-state index contributed by atoms with van der Waals surface area (Å²) in [5.74, 6) is 1.27. The van der Waals surface area contributed by atoms with Gasteiger partial charge in [0.1, 0.15) is 11.5 Å². The van der Waals surface area contributed by atoms with Gasteiger partial charge in [-0.15, -0.1) is 0 Å². The molecule has 2 aliphatic rings. The average molecular weight is 217 g/mol. The molecule has 0 N–H and O–H groups in total. The number of carbonyl (C=O) groups is 1. The van der Waals surface area contributed by atoms with E-state index in [0.717, 1.165) is 18.7 Å². The Morgan fingerprint density at radius 3 is 3.12 bits per heavy atom. The first-order chi connectivity index (χ1) is 7.84. The van der Waals surface area contributed by atoms with Gasteiger partial charge in [-0.3, -0.25) is 9.69 Å². The maximum Gasteiger partial charge on any atom is 0.136 e. The number of nitrogens with zero attached hydrogens (tertiary/aromatic N) is 1. The highest BCUT2D eigenvalue weighted by Gasteiger charge is 2.36. The normalized spacial score (nSPS) is 30.4. The molecule has 3 heterocycles. The number of Topliss-reactive ketones (excluding diaryl/α,β-unsaturated/α-hetero) is 1. The van der Waals surface area contributed by atoms with E-state index in [9.17, 15) is 4.79 Å². The number of rotatable bonds is 1. The summed E-state index contributed by atoms with van der Waals surface area (Å²) in [6.07, 6.45) is 8.35. The van der Waals surface area contributed by atoms with Crippen molar-refractivity contribution in [2.45, 2.75) is 31.3 Å². The van der Waals surface area contributed by atoms with Crippen LogP contribution in [0.5, 0.6) is 0 Å². The number of fused-ring (bicyclic) bond motifs is 1. The molecule has 2 atom stereocenters. The molecule has 0 spiro atoms. The molecule has 16 heavy (non-hydrogen) atoms. The van der Waals surface area contributed by atoms with Gasteiger partial charge in [0.05, 0.1) is 12.3 Å². The summed E-state index contributed by atoms with van der Waals surface area (Å²) in [6, 6.07) is 4.29. The molecule has 3 heteroatoms. The van der Waals surface area contributed by atoms with E-state index in [-0.39, 0.29) is 12.1 Å². The van der Waals surface area contributed by atoms with Gasteiger partial charge < -0.3 is 4.42 Å². The van der Waals surface area contributed by atoms with Crippen LogP contribution >= 0.6 is 0 Å². The maximum atomic E-state index is 11.7. The molecule has 1 saturated heterocycles. The molecule has 1 aromatic rings. The van der Waals surface area contributed by atoms with Crippen molar-refractivity contribution in [3.05, 3.63) is 36.3 Å². The minimum absolute atomic E-state index is 0.145. The van der Waals surface area contributed by atoms with Crippen LogP contribution in [-0.4, -0.2) is 23.3 Å². The van der Waals surface area contributed by atoms with E-state index < -0.39 is 0 Å². The van der Waals surface area contributed by atoms with Crippen LogP contribution in [0.25, 0.3) is 0 Å². The van der Waals surface area contributed by atoms with Crippen molar-refractivity contribution in [3.63, 3.8) is 0 Å². The van der Waals surface area contributed by atoms with Crippen LogP contribution in [0, 0.1) is 0 Å². The molecule has 0 unspecified atom stereocenters. The van der Waals surface area contributed by atoms with Gasteiger partial charge in [-0.2, -0.15) is 0 Å². The highest BCUT2D eigenvalue weighted by molar-refractivity contribution is 5.81. The fourth-order valence-corrected chi connectivity index (χ4v) is 2.72. The van der Waals surface area contributed by atoms with Gasteiger partial charge >= 0.3 is 0 Å². The molecule has 1 aromatic heterocycles. The molecule has 0 radical (unpaired) electrons. The van der Waals surface area contributed by atoms with E-state index in [1.165, 1.54) is 0 Å². The van der Waals surface area contributed by atoms with Gasteiger partial charge in [-0.1, -0.05) is 12.2 Å². The molecule has 3 nitrogen and oxygen atoms in total. The first kappa shape index (κ1) is 9.85. The molecule has 1 fully saturated rings. The molecule has 0 aromatic carbocycles. The van der Waals surface area contributed by atoms with Gasteiger partial charge in [0, 0.05) is 25.4 Å². The number of hydrogen-bond donors (Lipinski definition) is 0. The Hall–Kier alpha value is -1.35. The summed E-state index contributed by atoms with van der Waals surface area (Å²) in [5, 5.41) is 0. The van der Waals surface area contributed by atoms with Crippen LogP contribution in [0.2, 0.25) is 0 Å². The molecule has 0 aliphatic carbocycles. The number of hydrogen-bond acceptors (Lipinski definition) is 3. The van der Waals surface area contributed by atoms with Gasteiger partial charge in [0.2, 0.25) is 0 Å². The molecule has 0 bridgehead atoms. The van der Waals surface area contributed by atoms with Crippen LogP contribution in [0.15, 0.2) is 35.0 Å². The van der Waals surface area contributed by atoms with Gasteiger partial charge in [-0.25, -0.2) is 0 Å². The van der Waals surface area contributed by atoms with Crippen molar-refractivity contribution in [1.29, 1.82) is 0 Å². The lowest BCUT2D eigenvalue weighted by Crippen LogP contribution is -2.45. The van der Waals surface area contributed by atoms with Crippen LogP contribution in [-0.2, 0) is 4.79 Å². The second-order valence-electron chi connectivity index (χ2n) is 4.50. The minimum Gasteiger partial charge on any atom is -0.468 e. The lowest BCUT2D eigenvalue weighted by Gasteiger charge is -2.41. The Labute approximate surface area is 94.7 Å². The second kappa shape index (κ2) is 3.91. The van der Waals surface area contributed by atoms with E-state index in [1.807, 2.05) is 12.1 Å². The number of furan rings is 1. The predicted octanol–water partition coefficient (Wildman–Crippen LogP) is 2.31. The van der Waals surface area contributed by atoms with Crippen molar-refractivity contribution < 1.29 is 9.21 Å². The topological polar surface area (TPSA) is 33.5 Å². The fraction of sp³-hybridized carbons (Fsp3) is 0.462. The highest BCUT2D eigenvalue weighted by Crippen LogP contribution is 2.34. The molecule has 84 valence electrons. The van der Waals surface area contributed by atoms with E-state index in [0.29, 0.717) is 18.6 Å². The monoisotopic (exact) mass is 217 g/mol. The standard InChI is InChI=1S/C13H15NO2/c15-11-8-10-4-1-2-6-14(10)12(9-11)13-5-3-7-16-13/h1,3-5,7,10,12H,2,6,8-9H2/t10-,12+/m0/s1. The zero-order valence-electron chi connectivity index (χ0n) is 9.13. The average Bonchev–Trinajstić information content (AvgIpc) is 2.81. The third-order valence-electron chi connectivity index (χ3n) is 3.47. The molecule has 3 rings (SSSR count). The third-order valence-corrected chi connectivity index (χ3v) is 3.47. The van der Waals surface area contributed by atoms with Crippen molar-refractivity contribution in [2.75, 3.05) is 6.54 Å². The molecular weight excluding hydrogens is 202 g/mol. The van der Waals surface area contributed by atoms with Crippen LogP contribution in [0.3, 0.4) is 0 Å². The Morgan fingerprint density at radius 2 is 2.31 bits per heavy atom. The number of piperidine rings is 1. The zero-order valence-corrected chi connectivity index (χ0v) is 9.13. The number of carbonyl (C=O) groups excluding carboxylic acids is 1. The fourth-order valence-electron chi connectivity index (χ4n) is 2.72. The highest BCUT2D eigenvalue weighted by atomic mass is 16.3. The second-order valence-corrected chi connectivity index (χ2v) is 4.50.